The number of para-hydroxylation sites is 1. The van der Waals surface area contributed by atoms with E-state index in [0.717, 1.165) is 34.6 Å². The Morgan fingerprint density at radius 1 is 0.967 bits per heavy atom. The summed E-state index contributed by atoms with van der Waals surface area (Å²) < 4.78 is 27.3. The van der Waals surface area contributed by atoms with Gasteiger partial charge in [0.15, 0.2) is 0 Å². The topological polar surface area (TPSA) is 80.2 Å². The molecule has 6 nitrogen and oxygen atoms in total. The van der Waals surface area contributed by atoms with E-state index >= 15 is 0 Å². The lowest BCUT2D eigenvalue weighted by Gasteiger charge is -2.10. The van der Waals surface area contributed by atoms with Crippen molar-refractivity contribution in [1.82, 2.24) is 4.57 Å². The van der Waals surface area contributed by atoms with Crippen LogP contribution in [-0.2, 0) is 16.6 Å². The van der Waals surface area contributed by atoms with E-state index in [1.807, 2.05) is 30.3 Å². The predicted octanol–water partition coefficient (Wildman–Crippen LogP) is 5.09. The van der Waals surface area contributed by atoms with Crippen LogP contribution in [0.3, 0.4) is 0 Å². The molecule has 0 aliphatic carbocycles. The fourth-order valence-corrected chi connectivity index (χ4v) is 4.47. The highest BCUT2D eigenvalue weighted by Gasteiger charge is 2.14. The van der Waals surface area contributed by atoms with Gasteiger partial charge in [-0.2, -0.15) is 0 Å². The van der Waals surface area contributed by atoms with Crippen LogP contribution in [0.2, 0.25) is 5.02 Å². The van der Waals surface area contributed by atoms with E-state index < -0.39 is 10.0 Å². The standard InChI is InChI=1S/C22H20ClN3O3S/c1-3-26-20-7-5-4-6-16(20)18-12-14(9-11-21(18)26)24-22(27)17-10-8-15(13-19(17)23)25-30(2,28)29/h4-13,25H,3H2,1-2H3,(H,24,27). The van der Waals surface area contributed by atoms with Gasteiger partial charge < -0.3 is 9.88 Å². The highest BCUT2D eigenvalue weighted by atomic mass is 35.5. The minimum Gasteiger partial charge on any atom is -0.341 e. The van der Waals surface area contributed by atoms with Gasteiger partial charge in [0, 0.05) is 39.7 Å². The Morgan fingerprint density at radius 3 is 2.37 bits per heavy atom. The minimum atomic E-state index is -3.43. The first kappa shape index (κ1) is 20.3. The number of nitrogens with one attached hydrogen (secondary N) is 2. The molecule has 30 heavy (non-hydrogen) atoms. The summed E-state index contributed by atoms with van der Waals surface area (Å²) in [6, 6.07) is 18.4. The van der Waals surface area contributed by atoms with Crippen molar-refractivity contribution in [2.24, 2.45) is 0 Å². The monoisotopic (exact) mass is 441 g/mol. The number of aryl methyl sites for hydroxylation is 1. The van der Waals surface area contributed by atoms with Crippen LogP contribution in [0.1, 0.15) is 17.3 Å². The third-order valence-electron chi connectivity index (χ3n) is 4.86. The first-order valence-electron chi connectivity index (χ1n) is 9.36. The number of benzene rings is 3. The molecule has 0 bridgehead atoms. The van der Waals surface area contributed by atoms with Crippen LogP contribution in [0, 0.1) is 0 Å². The van der Waals surface area contributed by atoms with E-state index in [-0.39, 0.29) is 16.5 Å². The number of rotatable bonds is 5. The number of carbonyl (C=O) groups excluding carboxylic acids is 1. The molecular weight excluding hydrogens is 422 g/mol. The summed E-state index contributed by atoms with van der Waals surface area (Å²) >= 11 is 6.22. The van der Waals surface area contributed by atoms with Crippen molar-refractivity contribution in [3.8, 4) is 0 Å². The Morgan fingerprint density at radius 2 is 1.67 bits per heavy atom. The summed E-state index contributed by atoms with van der Waals surface area (Å²) in [6.45, 7) is 2.95. The lowest BCUT2D eigenvalue weighted by molar-refractivity contribution is 0.102. The number of aromatic nitrogens is 1. The molecule has 0 radical (unpaired) electrons. The second-order valence-electron chi connectivity index (χ2n) is 7.02. The number of hydrogen-bond donors (Lipinski definition) is 2. The minimum absolute atomic E-state index is 0.157. The molecule has 0 saturated heterocycles. The molecule has 1 aromatic heterocycles. The molecule has 8 heteroatoms. The molecule has 0 saturated carbocycles. The first-order valence-corrected chi connectivity index (χ1v) is 11.6. The molecule has 0 spiro atoms. The molecule has 1 amide bonds. The van der Waals surface area contributed by atoms with Crippen molar-refractivity contribution in [2.75, 3.05) is 16.3 Å². The van der Waals surface area contributed by atoms with Crippen LogP contribution in [0.5, 0.6) is 0 Å². The summed E-state index contributed by atoms with van der Waals surface area (Å²) in [6.07, 6.45) is 1.05. The molecule has 1 heterocycles. The first-order chi connectivity index (χ1) is 14.3. The summed E-state index contributed by atoms with van der Waals surface area (Å²) in [5, 5.41) is 5.22. The van der Waals surface area contributed by atoms with Crippen LogP contribution < -0.4 is 10.0 Å². The van der Waals surface area contributed by atoms with Crippen LogP contribution >= 0.6 is 11.6 Å². The number of halogens is 1. The van der Waals surface area contributed by atoms with Crippen LogP contribution in [-0.4, -0.2) is 25.1 Å². The summed E-state index contributed by atoms with van der Waals surface area (Å²) in [5.74, 6) is -0.371. The van der Waals surface area contributed by atoms with E-state index in [4.69, 9.17) is 11.6 Å². The zero-order valence-electron chi connectivity index (χ0n) is 16.4. The smallest absolute Gasteiger partial charge is 0.257 e. The molecule has 0 atom stereocenters. The van der Waals surface area contributed by atoms with Crippen molar-refractivity contribution < 1.29 is 13.2 Å². The highest BCUT2D eigenvalue weighted by molar-refractivity contribution is 7.92. The predicted molar refractivity (Wildman–Crippen MR) is 123 cm³/mol. The maximum Gasteiger partial charge on any atom is 0.257 e. The Labute approximate surface area is 179 Å². The molecule has 4 aromatic rings. The van der Waals surface area contributed by atoms with Crippen molar-refractivity contribution in [2.45, 2.75) is 13.5 Å². The third-order valence-corrected chi connectivity index (χ3v) is 5.78. The zero-order chi connectivity index (χ0) is 21.5. The van der Waals surface area contributed by atoms with Gasteiger partial charge >= 0.3 is 0 Å². The van der Waals surface area contributed by atoms with Gasteiger partial charge in [0.05, 0.1) is 16.8 Å². The van der Waals surface area contributed by atoms with E-state index in [9.17, 15) is 13.2 Å². The van der Waals surface area contributed by atoms with Crippen molar-refractivity contribution in [3.63, 3.8) is 0 Å². The average molecular weight is 442 g/mol. The number of sulfonamides is 1. The maximum absolute atomic E-state index is 12.8. The normalized spacial score (nSPS) is 11.7. The van der Waals surface area contributed by atoms with Gasteiger partial charge in [-0.25, -0.2) is 8.42 Å². The molecule has 3 aromatic carbocycles. The van der Waals surface area contributed by atoms with Gasteiger partial charge in [0.25, 0.3) is 5.91 Å². The van der Waals surface area contributed by atoms with Crippen LogP contribution in [0.4, 0.5) is 11.4 Å². The number of carbonyl (C=O) groups is 1. The van der Waals surface area contributed by atoms with E-state index in [1.54, 1.807) is 0 Å². The molecule has 0 aliphatic rings. The van der Waals surface area contributed by atoms with Crippen molar-refractivity contribution >= 4 is 60.7 Å². The second-order valence-corrected chi connectivity index (χ2v) is 9.17. The van der Waals surface area contributed by atoms with Crippen molar-refractivity contribution in [3.05, 3.63) is 71.2 Å². The van der Waals surface area contributed by atoms with Crippen LogP contribution in [0.15, 0.2) is 60.7 Å². The van der Waals surface area contributed by atoms with Gasteiger partial charge in [-0.15, -0.1) is 0 Å². The number of amides is 1. The quantitative estimate of drug-likeness (QED) is 0.452. The SMILES string of the molecule is CCn1c2ccccc2c2cc(NC(=O)c3ccc(NS(C)(=O)=O)cc3Cl)ccc21. The molecule has 0 fully saturated rings. The number of nitrogens with zero attached hydrogens (tertiary/aromatic N) is 1. The van der Waals surface area contributed by atoms with Gasteiger partial charge in [-0.3, -0.25) is 9.52 Å². The summed E-state index contributed by atoms with van der Waals surface area (Å²) in [7, 11) is -3.43. The summed E-state index contributed by atoms with van der Waals surface area (Å²) in [5.41, 5.74) is 3.46. The number of fused-ring (bicyclic) bond motifs is 3. The molecule has 0 unspecified atom stereocenters. The van der Waals surface area contributed by atoms with Gasteiger partial charge in [0.2, 0.25) is 10.0 Å². The van der Waals surface area contributed by atoms with E-state index in [2.05, 4.69) is 33.7 Å². The molecular formula is C22H20ClN3O3S. The largest absolute Gasteiger partial charge is 0.341 e. The Hall–Kier alpha value is -3.03. The number of anilines is 2. The van der Waals surface area contributed by atoms with Gasteiger partial charge in [-0.05, 0) is 49.4 Å². The highest BCUT2D eigenvalue weighted by Crippen LogP contribution is 2.31. The van der Waals surface area contributed by atoms with Gasteiger partial charge in [0.1, 0.15) is 0 Å². The molecule has 154 valence electrons. The van der Waals surface area contributed by atoms with E-state index in [0.29, 0.717) is 11.4 Å². The fraction of sp³-hybridized carbons (Fsp3) is 0.136. The zero-order valence-corrected chi connectivity index (χ0v) is 18.0. The lowest BCUT2D eigenvalue weighted by Crippen LogP contribution is -2.13. The van der Waals surface area contributed by atoms with Gasteiger partial charge in [-0.1, -0.05) is 29.8 Å². The Bertz CT molecular complexity index is 1390. The van der Waals surface area contributed by atoms with E-state index in [1.165, 1.54) is 18.2 Å². The molecule has 2 N–H and O–H groups in total. The fourth-order valence-electron chi connectivity index (χ4n) is 3.65. The average Bonchev–Trinajstić information content (AvgIpc) is 3.00. The van der Waals surface area contributed by atoms with Crippen LogP contribution in [0.25, 0.3) is 21.8 Å². The number of hydrogen-bond acceptors (Lipinski definition) is 3. The maximum atomic E-state index is 12.8. The van der Waals surface area contributed by atoms with Crippen molar-refractivity contribution in [1.29, 1.82) is 0 Å². The third kappa shape index (κ3) is 3.86. The molecule has 4 rings (SSSR count). The second kappa shape index (κ2) is 7.66. The summed E-state index contributed by atoms with van der Waals surface area (Å²) in [4.78, 5) is 12.8. The molecule has 0 aliphatic heterocycles. The lowest BCUT2D eigenvalue weighted by atomic mass is 10.1. The Kier molecular flexibility index (Phi) is 5.17. The Balaban J connectivity index is 1.66.